The molecule has 4 N–H and O–H groups in total. The van der Waals surface area contributed by atoms with Crippen LogP contribution in [0.2, 0.25) is 5.02 Å². The summed E-state index contributed by atoms with van der Waals surface area (Å²) in [5.41, 5.74) is 6.81. The predicted molar refractivity (Wildman–Crippen MR) is 83.8 cm³/mol. The molecule has 0 saturated heterocycles. The van der Waals surface area contributed by atoms with Gasteiger partial charge in [0.2, 0.25) is 10.0 Å². The third-order valence-electron chi connectivity index (χ3n) is 4.12. The van der Waals surface area contributed by atoms with Crippen molar-refractivity contribution >= 4 is 27.3 Å². The van der Waals surface area contributed by atoms with Gasteiger partial charge in [-0.1, -0.05) is 24.4 Å². The molecule has 21 heavy (non-hydrogen) atoms. The zero-order valence-corrected chi connectivity index (χ0v) is 13.5. The highest BCUT2D eigenvalue weighted by Crippen LogP contribution is 2.28. The summed E-state index contributed by atoms with van der Waals surface area (Å²) in [6, 6.07) is 2.59. The van der Waals surface area contributed by atoms with Gasteiger partial charge in [-0.15, -0.1) is 0 Å². The van der Waals surface area contributed by atoms with Crippen LogP contribution < -0.4 is 10.5 Å². The average molecular weight is 333 g/mol. The van der Waals surface area contributed by atoms with Crippen molar-refractivity contribution in [1.82, 2.24) is 4.72 Å². The van der Waals surface area contributed by atoms with Crippen LogP contribution in [0.5, 0.6) is 0 Å². The fourth-order valence-electron chi connectivity index (χ4n) is 2.68. The van der Waals surface area contributed by atoms with Crippen LogP contribution in [-0.2, 0) is 10.0 Å². The van der Waals surface area contributed by atoms with E-state index in [0.717, 1.165) is 25.7 Å². The highest BCUT2D eigenvalue weighted by Gasteiger charge is 2.29. The number of nitrogen functional groups attached to an aromatic ring is 1. The lowest BCUT2D eigenvalue weighted by Crippen LogP contribution is -2.43. The third-order valence-corrected chi connectivity index (χ3v) is 5.98. The zero-order valence-electron chi connectivity index (χ0n) is 12.0. The Labute approximate surface area is 130 Å². The first-order valence-electron chi connectivity index (χ1n) is 7.04. The van der Waals surface area contributed by atoms with Gasteiger partial charge in [-0.05, 0) is 43.4 Å². The molecule has 2 rings (SSSR count). The van der Waals surface area contributed by atoms with Crippen molar-refractivity contribution in [2.24, 2.45) is 5.92 Å². The molecule has 2 unspecified atom stereocenters. The maximum Gasteiger partial charge on any atom is 0.240 e. The van der Waals surface area contributed by atoms with Gasteiger partial charge in [0.15, 0.2) is 0 Å². The minimum Gasteiger partial charge on any atom is -0.398 e. The van der Waals surface area contributed by atoms with Crippen molar-refractivity contribution in [2.75, 3.05) is 12.3 Å². The number of hydrogen-bond donors (Lipinski definition) is 3. The lowest BCUT2D eigenvalue weighted by Gasteiger charge is -2.30. The van der Waals surface area contributed by atoms with E-state index in [0.29, 0.717) is 16.3 Å². The van der Waals surface area contributed by atoms with Gasteiger partial charge in [0.25, 0.3) is 0 Å². The van der Waals surface area contributed by atoms with Gasteiger partial charge >= 0.3 is 0 Å². The molecule has 1 aliphatic carbocycles. The molecule has 0 aliphatic heterocycles. The Kier molecular flexibility index (Phi) is 5.14. The number of nitrogens with two attached hydrogens (primary N) is 1. The second kappa shape index (κ2) is 6.52. The molecule has 1 fully saturated rings. The average Bonchev–Trinajstić information content (AvgIpc) is 2.44. The number of nitrogens with one attached hydrogen (secondary N) is 1. The number of benzene rings is 1. The summed E-state index contributed by atoms with van der Waals surface area (Å²) < 4.78 is 27.6. The number of aliphatic hydroxyl groups is 1. The fourth-order valence-corrected chi connectivity index (χ4v) is 4.37. The van der Waals surface area contributed by atoms with Crippen LogP contribution in [0.15, 0.2) is 17.0 Å². The molecular weight excluding hydrogens is 312 g/mol. The van der Waals surface area contributed by atoms with Crippen molar-refractivity contribution in [3.8, 4) is 0 Å². The summed E-state index contributed by atoms with van der Waals surface area (Å²) in [6.07, 6.45) is 3.55. The van der Waals surface area contributed by atoms with Crippen molar-refractivity contribution in [3.63, 3.8) is 0 Å². The van der Waals surface area contributed by atoms with Gasteiger partial charge in [0.05, 0.1) is 4.90 Å². The van der Waals surface area contributed by atoms with E-state index in [1.54, 1.807) is 6.92 Å². The van der Waals surface area contributed by atoms with E-state index in [1.165, 1.54) is 12.1 Å². The summed E-state index contributed by atoms with van der Waals surface area (Å²) in [6.45, 7) is 1.73. The van der Waals surface area contributed by atoms with Crippen LogP contribution in [0.25, 0.3) is 0 Å². The molecule has 7 heteroatoms. The van der Waals surface area contributed by atoms with Crippen LogP contribution in [0.3, 0.4) is 0 Å². The van der Waals surface area contributed by atoms with Crippen molar-refractivity contribution in [2.45, 2.75) is 43.5 Å². The molecule has 2 atom stereocenters. The summed E-state index contributed by atoms with van der Waals surface area (Å²) in [5, 5.41) is 9.71. The van der Waals surface area contributed by atoms with Gasteiger partial charge in [0.1, 0.15) is 0 Å². The van der Waals surface area contributed by atoms with Crippen LogP contribution >= 0.6 is 11.6 Å². The number of sulfonamides is 1. The normalized spacial score (nSPS) is 23.2. The summed E-state index contributed by atoms with van der Waals surface area (Å²) >= 11 is 6.01. The van der Waals surface area contributed by atoms with Crippen molar-refractivity contribution in [1.29, 1.82) is 0 Å². The van der Waals surface area contributed by atoms with Gasteiger partial charge in [0, 0.05) is 23.4 Å². The number of aliphatic hydroxyl groups excluding tert-OH is 1. The monoisotopic (exact) mass is 332 g/mol. The topological polar surface area (TPSA) is 92.4 Å². The standard InChI is InChI=1S/C14H21ClN2O3S/c1-9-12(15)6-11(7-13(9)16)21(19,20)17-14-5-3-2-4-10(14)8-18/h6-7,10,14,17-18H,2-5,8,16H2,1H3. The Hall–Kier alpha value is -0.820. The molecule has 0 amide bonds. The van der Waals surface area contributed by atoms with Crippen LogP contribution in [0, 0.1) is 12.8 Å². The lowest BCUT2D eigenvalue weighted by atomic mass is 9.86. The van der Waals surface area contributed by atoms with Gasteiger partial charge in [-0.2, -0.15) is 0 Å². The summed E-state index contributed by atoms with van der Waals surface area (Å²) in [7, 11) is -3.69. The molecule has 1 aromatic carbocycles. The molecule has 0 radical (unpaired) electrons. The highest BCUT2D eigenvalue weighted by molar-refractivity contribution is 7.89. The first kappa shape index (κ1) is 16.5. The zero-order chi connectivity index (χ0) is 15.6. The smallest absolute Gasteiger partial charge is 0.240 e. The van der Waals surface area contributed by atoms with E-state index in [9.17, 15) is 13.5 Å². The minimum absolute atomic E-state index is 0.00994. The molecule has 1 aliphatic rings. The SMILES string of the molecule is Cc1c(N)cc(S(=O)(=O)NC2CCCCC2CO)cc1Cl. The number of halogens is 1. The van der Waals surface area contributed by atoms with Crippen LogP contribution in [0.4, 0.5) is 5.69 Å². The Balaban J connectivity index is 2.26. The van der Waals surface area contributed by atoms with E-state index in [-0.39, 0.29) is 23.5 Å². The fraction of sp³-hybridized carbons (Fsp3) is 0.571. The van der Waals surface area contributed by atoms with Crippen LogP contribution in [0.1, 0.15) is 31.2 Å². The molecule has 0 bridgehead atoms. The summed E-state index contributed by atoms with van der Waals surface area (Å²) in [4.78, 5) is 0.0675. The van der Waals surface area contributed by atoms with Gasteiger partial charge in [-0.25, -0.2) is 13.1 Å². The lowest BCUT2D eigenvalue weighted by molar-refractivity contribution is 0.164. The second-order valence-electron chi connectivity index (χ2n) is 5.57. The van der Waals surface area contributed by atoms with E-state index < -0.39 is 10.0 Å². The molecule has 118 valence electrons. The Morgan fingerprint density at radius 1 is 1.38 bits per heavy atom. The van der Waals surface area contributed by atoms with Crippen molar-refractivity contribution in [3.05, 3.63) is 22.7 Å². The van der Waals surface area contributed by atoms with E-state index in [4.69, 9.17) is 17.3 Å². The first-order valence-corrected chi connectivity index (χ1v) is 8.90. The quantitative estimate of drug-likeness (QED) is 0.736. The summed E-state index contributed by atoms with van der Waals surface area (Å²) in [5.74, 6) is -0.0354. The number of anilines is 1. The van der Waals surface area contributed by atoms with Crippen molar-refractivity contribution < 1.29 is 13.5 Å². The molecule has 1 saturated carbocycles. The van der Waals surface area contributed by atoms with Gasteiger partial charge < -0.3 is 10.8 Å². The number of rotatable bonds is 4. The van der Waals surface area contributed by atoms with E-state index >= 15 is 0 Å². The molecule has 1 aromatic rings. The molecular formula is C14H21ClN2O3S. The molecule has 0 heterocycles. The Morgan fingerprint density at radius 3 is 2.67 bits per heavy atom. The predicted octanol–water partition coefficient (Wildman–Crippen LogP) is 2.06. The molecule has 5 nitrogen and oxygen atoms in total. The minimum atomic E-state index is -3.69. The third kappa shape index (κ3) is 3.69. The highest BCUT2D eigenvalue weighted by atomic mass is 35.5. The van der Waals surface area contributed by atoms with E-state index in [1.807, 2.05) is 0 Å². The maximum atomic E-state index is 12.5. The number of hydrogen-bond acceptors (Lipinski definition) is 4. The van der Waals surface area contributed by atoms with Crippen LogP contribution in [-0.4, -0.2) is 26.2 Å². The van der Waals surface area contributed by atoms with E-state index in [2.05, 4.69) is 4.72 Å². The second-order valence-corrected chi connectivity index (χ2v) is 7.70. The largest absolute Gasteiger partial charge is 0.398 e. The maximum absolute atomic E-state index is 12.5. The molecule has 0 spiro atoms. The molecule has 0 aromatic heterocycles. The first-order chi connectivity index (χ1) is 9.85. The Morgan fingerprint density at radius 2 is 2.05 bits per heavy atom. The van der Waals surface area contributed by atoms with Gasteiger partial charge in [-0.3, -0.25) is 0 Å². The Bertz CT molecular complexity index is 596.